The van der Waals surface area contributed by atoms with Crippen molar-refractivity contribution in [3.63, 3.8) is 0 Å². The van der Waals surface area contributed by atoms with Crippen molar-refractivity contribution in [3.8, 4) is 11.3 Å². The maximum absolute atomic E-state index is 9.67. The van der Waals surface area contributed by atoms with Crippen molar-refractivity contribution in [1.29, 1.82) is 0 Å². The summed E-state index contributed by atoms with van der Waals surface area (Å²) in [5, 5.41) is 9.67. The standard InChI is InChI=1S/C18H20N2O/c1-19(2)12-14-6-5-7-15(10-14)18-16(13-21)11-17-8-3-4-9-20(17)18/h3-11,21H,12-13H2,1-2H3. The summed E-state index contributed by atoms with van der Waals surface area (Å²) in [5.74, 6) is 0. The van der Waals surface area contributed by atoms with E-state index in [1.54, 1.807) is 0 Å². The molecule has 3 nitrogen and oxygen atoms in total. The van der Waals surface area contributed by atoms with Gasteiger partial charge in [-0.3, -0.25) is 0 Å². The van der Waals surface area contributed by atoms with Crippen LogP contribution in [0, 0.1) is 0 Å². The summed E-state index contributed by atoms with van der Waals surface area (Å²) < 4.78 is 2.14. The van der Waals surface area contributed by atoms with Gasteiger partial charge in [-0.2, -0.15) is 0 Å². The maximum atomic E-state index is 9.67. The molecule has 0 bridgehead atoms. The van der Waals surface area contributed by atoms with Crippen LogP contribution in [0.5, 0.6) is 0 Å². The van der Waals surface area contributed by atoms with E-state index in [9.17, 15) is 5.11 Å². The zero-order chi connectivity index (χ0) is 14.8. The molecule has 1 N–H and O–H groups in total. The quantitative estimate of drug-likeness (QED) is 0.795. The van der Waals surface area contributed by atoms with Gasteiger partial charge in [0.2, 0.25) is 0 Å². The Kier molecular flexibility index (Phi) is 3.78. The average molecular weight is 280 g/mol. The number of pyridine rings is 1. The molecule has 0 aliphatic carbocycles. The number of aliphatic hydroxyl groups is 1. The van der Waals surface area contributed by atoms with E-state index in [-0.39, 0.29) is 6.61 Å². The van der Waals surface area contributed by atoms with E-state index in [0.29, 0.717) is 0 Å². The third kappa shape index (κ3) is 2.71. The lowest BCUT2D eigenvalue weighted by atomic mass is 10.0. The number of fused-ring (bicyclic) bond motifs is 1. The minimum atomic E-state index is 0.0505. The van der Waals surface area contributed by atoms with Crippen molar-refractivity contribution < 1.29 is 5.11 Å². The molecule has 0 fully saturated rings. The number of rotatable bonds is 4. The first-order chi connectivity index (χ1) is 10.2. The molecule has 0 unspecified atom stereocenters. The first-order valence-corrected chi connectivity index (χ1v) is 7.13. The van der Waals surface area contributed by atoms with Gasteiger partial charge in [0.25, 0.3) is 0 Å². The van der Waals surface area contributed by atoms with Gasteiger partial charge >= 0.3 is 0 Å². The highest BCUT2D eigenvalue weighted by Gasteiger charge is 2.11. The fourth-order valence-corrected chi connectivity index (χ4v) is 2.81. The molecule has 3 rings (SSSR count). The number of hydrogen-bond donors (Lipinski definition) is 1. The van der Waals surface area contributed by atoms with Crippen LogP contribution in [0.25, 0.3) is 16.8 Å². The van der Waals surface area contributed by atoms with Crippen molar-refractivity contribution in [3.05, 3.63) is 65.9 Å². The number of aromatic nitrogens is 1. The second-order valence-corrected chi connectivity index (χ2v) is 5.61. The molecule has 108 valence electrons. The van der Waals surface area contributed by atoms with Crippen LogP contribution in [0.3, 0.4) is 0 Å². The van der Waals surface area contributed by atoms with Crippen LogP contribution in [0.15, 0.2) is 54.7 Å². The number of nitrogens with zero attached hydrogens (tertiary/aromatic N) is 2. The minimum Gasteiger partial charge on any atom is -0.392 e. The third-order valence-electron chi connectivity index (χ3n) is 3.63. The van der Waals surface area contributed by atoms with Gasteiger partial charge in [-0.05, 0) is 49.5 Å². The van der Waals surface area contributed by atoms with Crippen molar-refractivity contribution in [1.82, 2.24) is 9.30 Å². The van der Waals surface area contributed by atoms with E-state index >= 15 is 0 Å². The summed E-state index contributed by atoms with van der Waals surface area (Å²) >= 11 is 0. The van der Waals surface area contributed by atoms with E-state index in [2.05, 4.69) is 53.7 Å². The highest BCUT2D eigenvalue weighted by Crippen LogP contribution is 2.28. The van der Waals surface area contributed by atoms with Gasteiger partial charge < -0.3 is 14.4 Å². The molecule has 0 spiro atoms. The second kappa shape index (κ2) is 5.72. The first kappa shape index (κ1) is 13.9. The van der Waals surface area contributed by atoms with Crippen molar-refractivity contribution in [2.24, 2.45) is 0 Å². The predicted molar refractivity (Wildman–Crippen MR) is 86.1 cm³/mol. The summed E-state index contributed by atoms with van der Waals surface area (Å²) in [6, 6.07) is 16.7. The Bertz CT molecular complexity index is 759. The van der Waals surface area contributed by atoms with Crippen LogP contribution in [0.2, 0.25) is 0 Å². The van der Waals surface area contributed by atoms with Gasteiger partial charge in [-0.15, -0.1) is 0 Å². The summed E-state index contributed by atoms with van der Waals surface area (Å²) in [6.45, 7) is 0.959. The number of benzene rings is 1. The fraction of sp³-hybridized carbons (Fsp3) is 0.222. The highest BCUT2D eigenvalue weighted by atomic mass is 16.3. The van der Waals surface area contributed by atoms with E-state index in [0.717, 1.165) is 28.9 Å². The molecular formula is C18H20N2O. The molecule has 3 heteroatoms. The lowest BCUT2D eigenvalue weighted by molar-refractivity contribution is 0.282. The molecule has 3 aromatic rings. The van der Waals surface area contributed by atoms with Crippen LogP contribution >= 0.6 is 0 Å². The van der Waals surface area contributed by atoms with Crippen LogP contribution in [-0.2, 0) is 13.2 Å². The zero-order valence-electron chi connectivity index (χ0n) is 12.5. The third-order valence-corrected chi connectivity index (χ3v) is 3.63. The van der Waals surface area contributed by atoms with Gasteiger partial charge in [-0.25, -0.2) is 0 Å². The lowest BCUT2D eigenvalue weighted by Crippen LogP contribution is -2.10. The van der Waals surface area contributed by atoms with Crippen molar-refractivity contribution in [2.75, 3.05) is 14.1 Å². The van der Waals surface area contributed by atoms with Crippen molar-refractivity contribution >= 4 is 5.52 Å². The maximum Gasteiger partial charge on any atom is 0.0703 e. The molecule has 0 aliphatic heterocycles. The average Bonchev–Trinajstić information content (AvgIpc) is 2.85. The molecule has 21 heavy (non-hydrogen) atoms. The molecule has 0 saturated heterocycles. The van der Waals surface area contributed by atoms with E-state index < -0.39 is 0 Å². The summed E-state index contributed by atoms with van der Waals surface area (Å²) in [4.78, 5) is 2.16. The van der Waals surface area contributed by atoms with Crippen LogP contribution in [0.4, 0.5) is 0 Å². The van der Waals surface area contributed by atoms with Crippen LogP contribution in [0.1, 0.15) is 11.1 Å². The summed E-state index contributed by atoms with van der Waals surface area (Å²) in [6.07, 6.45) is 2.04. The normalized spacial score (nSPS) is 11.4. The van der Waals surface area contributed by atoms with Crippen LogP contribution in [-0.4, -0.2) is 28.5 Å². The van der Waals surface area contributed by atoms with E-state index in [1.807, 2.05) is 24.4 Å². The molecule has 0 atom stereocenters. The largest absolute Gasteiger partial charge is 0.392 e. The predicted octanol–water partition coefficient (Wildman–Crippen LogP) is 3.16. The summed E-state index contributed by atoms with van der Waals surface area (Å²) in [7, 11) is 4.14. The molecular weight excluding hydrogens is 260 g/mol. The van der Waals surface area contributed by atoms with E-state index in [4.69, 9.17) is 0 Å². The SMILES string of the molecule is CN(C)Cc1cccc(-c2c(CO)cc3ccccn23)c1. The monoisotopic (exact) mass is 280 g/mol. The Hall–Kier alpha value is -2.10. The molecule has 2 aromatic heterocycles. The van der Waals surface area contributed by atoms with E-state index in [1.165, 1.54) is 5.56 Å². The van der Waals surface area contributed by atoms with Gasteiger partial charge in [0.15, 0.2) is 0 Å². The molecule has 1 aromatic carbocycles. The Morgan fingerprint density at radius 1 is 1.05 bits per heavy atom. The van der Waals surface area contributed by atoms with Gasteiger partial charge in [0.05, 0.1) is 12.3 Å². The topological polar surface area (TPSA) is 27.9 Å². The molecule has 0 saturated carbocycles. The lowest BCUT2D eigenvalue weighted by Gasteiger charge is -2.12. The zero-order valence-corrected chi connectivity index (χ0v) is 12.5. The Morgan fingerprint density at radius 3 is 2.67 bits per heavy atom. The van der Waals surface area contributed by atoms with Crippen molar-refractivity contribution in [2.45, 2.75) is 13.2 Å². The molecule has 0 amide bonds. The van der Waals surface area contributed by atoms with Gasteiger partial charge in [0.1, 0.15) is 0 Å². The molecule has 2 heterocycles. The first-order valence-electron chi connectivity index (χ1n) is 7.13. The molecule has 0 aliphatic rings. The number of hydrogen-bond acceptors (Lipinski definition) is 2. The van der Waals surface area contributed by atoms with Gasteiger partial charge in [-0.1, -0.05) is 24.3 Å². The van der Waals surface area contributed by atoms with Gasteiger partial charge in [0, 0.05) is 23.8 Å². The minimum absolute atomic E-state index is 0.0505. The second-order valence-electron chi connectivity index (χ2n) is 5.61. The Labute approximate surface area is 125 Å². The number of aliphatic hydroxyl groups excluding tert-OH is 1. The summed E-state index contributed by atoms with van der Waals surface area (Å²) in [5.41, 5.74) is 5.56. The van der Waals surface area contributed by atoms with Crippen LogP contribution < -0.4 is 0 Å². The Morgan fingerprint density at radius 2 is 1.90 bits per heavy atom. The highest BCUT2D eigenvalue weighted by molar-refractivity contribution is 5.72. The Balaban J connectivity index is 2.15. The molecule has 0 radical (unpaired) electrons. The fourth-order valence-electron chi connectivity index (χ4n) is 2.81. The smallest absolute Gasteiger partial charge is 0.0703 e.